The lowest BCUT2D eigenvalue weighted by Crippen LogP contribution is -2.20. The third kappa shape index (κ3) is 4.97. The van der Waals surface area contributed by atoms with Gasteiger partial charge in [-0.25, -0.2) is 0 Å². The normalized spacial score (nSPS) is 25.6. The Morgan fingerprint density at radius 3 is 2.32 bits per heavy atom. The molecule has 1 atom stereocenters. The summed E-state index contributed by atoms with van der Waals surface area (Å²) in [6.07, 6.45) is 0.515. The quantitative estimate of drug-likeness (QED) is 0.466. The monoisotopic (exact) mass is 492 g/mol. The largest absolute Gasteiger partial charge is 0.511 e. The van der Waals surface area contributed by atoms with Crippen LogP contribution in [-0.2, 0) is 17.4 Å². The number of aliphatic hydroxyl groups excluding tert-OH is 1. The molecule has 182 valence electrons. The minimum Gasteiger partial charge on any atom is -0.511 e. The number of halogens is 4. The Hall–Kier alpha value is -2.47. The third-order valence-corrected chi connectivity index (χ3v) is 7.56. The maximum absolute atomic E-state index is 13.4. The molecule has 2 aromatic rings. The molecule has 0 aromatic heterocycles. The van der Waals surface area contributed by atoms with Gasteiger partial charge in [-0.15, -0.1) is 0 Å². The van der Waals surface area contributed by atoms with Crippen molar-refractivity contribution in [2.75, 3.05) is 0 Å². The number of carbonyl (C=O) groups is 1. The lowest BCUT2D eigenvalue weighted by atomic mass is 9.76. The topological polar surface area (TPSA) is 46.5 Å². The highest BCUT2D eigenvalue weighted by molar-refractivity contribution is 6.31. The van der Waals surface area contributed by atoms with Crippen molar-refractivity contribution in [3.63, 3.8) is 0 Å². The molecule has 3 nitrogen and oxygen atoms in total. The van der Waals surface area contributed by atoms with E-state index in [1.807, 2.05) is 19.9 Å². The highest BCUT2D eigenvalue weighted by atomic mass is 35.5. The zero-order chi connectivity index (χ0) is 24.6. The molecule has 7 heteroatoms. The number of ether oxygens (including phenoxy) is 1. The number of hydrogen-bond acceptors (Lipinski definition) is 3. The van der Waals surface area contributed by atoms with Crippen molar-refractivity contribution in [3.05, 3.63) is 63.9 Å². The molecular formula is C27H28ClF3O3. The van der Waals surface area contributed by atoms with E-state index >= 15 is 0 Å². The van der Waals surface area contributed by atoms with E-state index in [1.165, 1.54) is 6.07 Å². The smallest absolute Gasteiger partial charge is 0.417 e. The first-order chi connectivity index (χ1) is 16.1. The Labute approximate surface area is 202 Å². The average molecular weight is 493 g/mol. The van der Waals surface area contributed by atoms with Crippen LogP contribution < -0.4 is 4.74 Å². The average Bonchev–Trinajstić information content (AvgIpc) is 2.84. The molecule has 3 aliphatic rings. The summed E-state index contributed by atoms with van der Waals surface area (Å²) in [5.41, 5.74) is 0.928. The fourth-order valence-electron chi connectivity index (χ4n) is 5.22. The number of hydrogen-bond donors (Lipinski definition) is 1. The first-order valence-corrected chi connectivity index (χ1v) is 12.1. The van der Waals surface area contributed by atoms with Gasteiger partial charge in [0.2, 0.25) is 0 Å². The summed E-state index contributed by atoms with van der Waals surface area (Å²) in [6, 6.07) is 8.45. The molecule has 34 heavy (non-hydrogen) atoms. The van der Waals surface area contributed by atoms with E-state index < -0.39 is 16.8 Å². The minimum atomic E-state index is -4.55. The zero-order valence-corrected chi connectivity index (χ0v) is 20.0. The van der Waals surface area contributed by atoms with Crippen molar-refractivity contribution in [3.8, 4) is 11.5 Å². The summed E-state index contributed by atoms with van der Waals surface area (Å²) in [7, 11) is 0. The molecule has 0 aliphatic heterocycles. The molecule has 1 unspecified atom stereocenters. The molecular weight excluding hydrogens is 465 g/mol. The van der Waals surface area contributed by atoms with Gasteiger partial charge in [-0.2, -0.15) is 13.2 Å². The first-order valence-electron chi connectivity index (χ1n) is 11.7. The molecule has 0 saturated heterocycles. The second-order valence-electron chi connectivity index (χ2n) is 9.37. The van der Waals surface area contributed by atoms with Crippen molar-refractivity contribution in [1.29, 1.82) is 0 Å². The van der Waals surface area contributed by atoms with Crippen LogP contribution in [0.15, 0.2) is 42.2 Å². The molecule has 2 bridgehead atoms. The maximum atomic E-state index is 13.4. The summed E-state index contributed by atoms with van der Waals surface area (Å²) in [5, 5.41) is 10.8. The number of aryl methyl sites for hydroxylation is 1. The van der Waals surface area contributed by atoms with E-state index in [1.54, 1.807) is 12.1 Å². The first kappa shape index (κ1) is 24.6. The number of alkyl halides is 3. The van der Waals surface area contributed by atoms with Crippen LogP contribution >= 0.6 is 11.6 Å². The lowest BCUT2D eigenvalue weighted by molar-refractivity contribution is -0.137. The summed E-state index contributed by atoms with van der Waals surface area (Å²) < 4.78 is 44.9. The van der Waals surface area contributed by atoms with Gasteiger partial charge in [0.1, 0.15) is 17.3 Å². The van der Waals surface area contributed by atoms with Gasteiger partial charge in [0.05, 0.1) is 16.2 Å². The second kappa shape index (κ2) is 9.65. The molecule has 0 amide bonds. The van der Waals surface area contributed by atoms with Gasteiger partial charge in [-0.3, -0.25) is 4.79 Å². The highest BCUT2D eigenvalue weighted by Crippen LogP contribution is 2.43. The van der Waals surface area contributed by atoms with Crippen LogP contribution in [0, 0.1) is 17.8 Å². The van der Waals surface area contributed by atoms with E-state index in [9.17, 15) is 23.1 Å². The van der Waals surface area contributed by atoms with Crippen molar-refractivity contribution >= 4 is 23.0 Å². The predicted molar refractivity (Wildman–Crippen MR) is 126 cm³/mol. The third-order valence-electron chi connectivity index (χ3n) is 7.25. The number of aliphatic hydroxyl groups is 1. The molecule has 1 N–H and O–H groups in total. The number of fused-ring (bicyclic) bond motifs is 5. The molecule has 1 fully saturated rings. The van der Waals surface area contributed by atoms with Crippen molar-refractivity contribution in [1.82, 2.24) is 0 Å². The summed E-state index contributed by atoms with van der Waals surface area (Å²) >= 11 is 5.83. The standard InChI is InChI=1S/C27H28ClF3O3/c1-3-17-8-9-19(34-20-10-11-22(23(28)14-20)27(29,30)31)13-21(17)25-24(32)12-16-4-6-18(7-5-16)15(2)26(25)33/h8-11,13-16,18,33H,3-7,12H2,1-2H3/b26-25+. The Morgan fingerprint density at radius 2 is 1.71 bits per heavy atom. The van der Waals surface area contributed by atoms with Crippen LogP contribution in [0.25, 0.3) is 5.57 Å². The summed E-state index contributed by atoms with van der Waals surface area (Å²) in [4.78, 5) is 13.4. The number of carbonyl (C=O) groups excluding carboxylic acids is 1. The maximum Gasteiger partial charge on any atom is 0.417 e. The highest BCUT2D eigenvalue weighted by Gasteiger charge is 2.35. The summed E-state index contributed by atoms with van der Waals surface area (Å²) in [5.74, 6) is 1.11. The molecule has 1 saturated carbocycles. The number of benzene rings is 2. The fraction of sp³-hybridized carbons (Fsp3) is 0.444. The SMILES string of the molecule is CCc1ccc(Oc2ccc(C(F)(F)F)c(Cl)c2)cc1/C1=C(\O)C(C)C2CCC(CC2)CC1=O. The van der Waals surface area contributed by atoms with E-state index in [0.29, 0.717) is 41.6 Å². The van der Waals surface area contributed by atoms with Crippen LogP contribution in [0.3, 0.4) is 0 Å². The van der Waals surface area contributed by atoms with Crippen LogP contribution in [0.4, 0.5) is 13.2 Å². The van der Waals surface area contributed by atoms with E-state index in [4.69, 9.17) is 16.3 Å². The molecule has 0 spiro atoms. The van der Waals surface area contributed by atoms with Gasteiger partial charge in [0, 0.05) is 18.4 Å². The van der Waals surface area contributed by atoms with Crippen LogP contribution in [0.1, 0.15) is 62.6 Å². The predicted octanol–water partition coefficient (Wildman–Crippen LogP) is 8.40. The van der Waals surface area contributed by atoms with Crippen molar-refractivity contribution in [2.45, 2.75) is 58.5 Å². The zero-order valence-electron chi connectivity index (χ0n) is 19.2. The van der Waals surface area contributed by atoms with Gasteiger partial charge in [-0.1, -0.05) is 31.5 Å². The lowest BCUT2D eigenvalue weighted by Gasteiger charge is -2.30. The number of ketones is 1. The van der Waals surface area contributed by atoms with E-state index in [0.717, 1.165) is 43.4 Å². The molecule has 5 rings (SSSR count). The Morgan fingerprint density at radius 1 is 1.06 bits per heavy atom. The van der Waals surface area contributed by atoms with Gasteiger partial charge in [0.25, 0.3) is 0 Å². The Bertz CT molecular complexity index is 1110. The van der Waals surface area contributed by atoms with Crippen LogP contribution in [-0.4, -0.2) is 10.9 Å². The molecule has 3 aliphatic carbocycles. The Kier molecular flexibility index (Phi) is 6.99. The fourth-order valence-corrected chi connectivity index (χ4v) is 5.50. The van der Waals surface area contributed by atoms with E-state index in [2.05, 4.69) is 0 Å². The number of Topliss-reactive ketones (excluding diaryl/α,β-unsaturated/α-hetero) is 1. The molecule has 2 aromatic carbocycles. The van der Waals surface area contributed by atoms with E-state index in [-0.39, 0.29) is 23.2 Å². The van der Waals surface area contributed by atoms with Crippen molar-refractivity contribution in [2.24, 2.45) is 17.8 Å². The van der Waals surface area contributed by atoms with Crippen LogP contribution in [0.2, 0.25) is 5.02 Å². The van der Waals surface area contributed by atoms with Gasteiger partial charge < -0.3 is 9.84 Å². The number of rotatable bonds is 4. The van der Waals surface area contributed by atoms with Gasteiger partial charge in [0.15, 0.2) is 5.78 Å². The second-order valence-corrected chi connectivity index (χ2v) is 9.78. The number of allylic oxidation sites excluding steroid dienone is 2. The van der Waals surface area contributed by atoms with Crippen molar-refractivity contribution < 1.29 is 27.8 Å². The minimum absolute atomic E-state index is 0.0682. The van der Waals surface area contributed by atoms with Gasteiger partial charge >= 0.3 is 6.18 Å². The molecule has 0 heterocycles. The van der Waals surface area contributed by atoms with Crippen LogP contribution in [0.5, 0.6) is 11.5 Å². The Balaban J connectivity index is 1.73. The van der Waals surface area contributed by atoms with Gasteiger partial charge in [-0.05, 0) is 79.3 Å². The summed E-state index contributed by atoms with van der Waals surface area (Å²) in [6.45, 7) is 3.95. The molecule has 0 radical (unpaired) electrons.